The van der Waals surface area contributed by atoms with Crippen LogP contribution >= 0.6 is 0 Å². The molecule has 1 aromatic rings. The molecule has 0 amide bonds. The van der Waals surface area contributed by atoms with E-state index in [1.54, 1.807) is 6.92 Å². The van der Waals surface area contributed by atoms with Gasteiger partial charge in [-0.2, -0.15) is 0 Å². The quantitative estimate of drug-likeness (QED) is 0.426. The Morgan fingerprint density at radius 1 is 1.60 bits per heavy atom. The van der Waals surface area contributed by atoms with Gasteiger partial charge in [0.05, 0.1) is 23.6 Å². The normalized spacial score (nSPS) is 11.9. The third kappa shape index (κ3) is 2.49. The van der Waals surface area contributed by atoms with Crippen LogP contribution in [-0.2, 0) is 9.53 Å². The van der Waals surface area contributed by atoms with Crippen molar-refractivity contribution in [3.63, 3.8) is 0 Å². The predicted octanol–water partition coefficient (Wildman–Crippen LogP) is 1.27. The predicted molar refractivity (Wildman–Crippen MR) is 51.3 cm³/mol. The molecule has 0 N–H and O–H groups in total. The second-order valence-electron chi connectivity index (χ2n) is 2.94. The Labute approximate surface area is 86.0 Å². The smallest absolute Gasteiger partial charge is 0.314 e. The average Bonchev–Trinajstić information content (AvgIpc) is 2.27. The Morgan fingerprint density at radius 3 is 2.67 bits per heavy atom. The monoisotopic (exact) mass is 210 g/mol. The molecule has 0 aliphatic heterocycles. The lowest BCUT2D eigenvalue weighted by atomic mass is 10.1. The van der Waals surface area contributed by atoms with Crippen LogP contribution in [0.4, 0.5) is 5.69 Å². The van der Waals surface area contributed by atoms with E-state index in [2.05, 4.69) is 9.72 Å². The SMILES string of the molecule is COC(=O)C(C)c1ccc([N+](=O)[O-])cn1. The molecule has 15 heavy (non-hydrogen) atoms. The highest BCUT2D eigenvalue weighted by molar-refractivity contribution is 5.76. The average molecular weight is 210 g/mol. The van der Waals surface area contributed by atoms with E-state index in [0.29, 0.717) is 5.69 Å². The molecular formula is C9H10N2O4. The summed E-state index contributed by atoms with van der Waals surface area (Å²) in [5, 5.41) is 10.3. The fourth-order valence-corrected chi connectivity index (χ4v) is 1.06. The molecule has 0 spiro atoms. The van der Waals surface area contributed by atoms with Gasteiger partial charge in [0.2, 0.25) is 0 Å². The van der Waals surface area contributed by atoms with E-state index in [0.717, 1.165) is 6.20 Å². The Bertz CT molecular complexity index is 374. The van der Waals surface area contributed by atoms with Crippen LogP contribution in [0.25, 0.3) is 0 Å². The van der Waals surface area contributed by atoms with Gasteiger partial charge in [-0.15, -0.1) is 0 Å². The fourth-order valence-electron chi connectivity index (χ4n) is 1.06. The van der Waals surface area contributed by atoms with E-state index in [1.165, 1.54) is 19.2 Å². The largest absolute Gasteiger partial charge is 0.469 e. The summed E-state index contributed by atoms with van der Waals surface area (Å²) in [4.78, 5) is 24.8. The molecular weight excluding hydrogens is 200 g/mol. The number of esters is 1. The van der Waals surface area contributed by atoms with Gasteiger partial charge in [0.1, 0.15) is 6.20 Å². The van der Waals surface area contributed by atoms with Crippen LogP contribution in [0.3, 0.4) is 0 Å². The van der Waals surface area contributed by atoms with Crippen molar-refractivity contribution in [2.45, 2.75) is 12.8 Å². The van der Waals surface area contributed by atoms with Crippen molar-refractivity contribution < 1.29 is 14.5 Å². The van der Waals surface area contributed by atoms with Gasteiger partial charge < -0.3 is 4.74 Å². The van der Waals surface area contributed by atoms with Crippen molar-refractivity contribution in [1.82, 2.24) is 4.98 Å². The highest BCUT2D eigenvalue weighted by Gasteiger charge is 2.17. The summed E-state index contributed by atoms with van der Waals surface area (Å²) in [6.45, 7) is 1.62. The number of nitrogens with zero attached hydrogens (tertiary/aromatic N) is 2. The first-order valence-corrected chi connectivity index (χ1v) is 4.24. The van der Waals surface area contributed by atoms with Crippen molar-refractivity contribution in [1.29, 1.82) is 0 Å². The minimum atomic E-state index is -0.542. The number of aromatic nitrogens is 1. The van der Waals surface area contributed by atoms with Crippen molar-refractivity contribution in [2.75, 3.05) is 7.11 Å². The molecule has 0 bridgehead atoms. The Morgan fingerprint density at radius 2 is 2.27 bits per heavy atom. The van der Waals surface area contributed by atoms with Gasteiger partial charge in [0.15, 0.2) is 0 Å². The fraction of sp³-hybridized carbons (Fsp3) is 0.333. The number of nitro groups is 1. The lowest BCUT2D eigenvalue weighted by Gasteiger charge is -2.07. The molecule has 0 aliphatic rings. The van der Waals surface area contributed by atoms with Gasteiger partial charge in [0, 0.05) is 6.07 Å². The van der Waals surface area contributed by atoms with Crippen LogP contribution in [0.1, 0.15) is 18.5 Å². The van der Waals surface area contributed by atoms with Gasteiger partial charge in [-0.25, -0.2) is 0 Å². The molecule has 0 aromatic carbocycles. The zero-order chi connectivity index (χ0) is 11.4. The van der Waals surface area contributed by atoms with E-state index < -0.39 is 16.8 Å². The Hall–Kier alpha value is -1.98. The molecule has 0 fully saturated rings. The number of hydrogen-bond donors (Lipinski definition) is 0. The number of carbonyl (C=O) groups is 1. The van der Waals surface area contributed by atoms with E-state index >= 15 is 0 Å². The van der Waals surface area contributed by atoms with Crippen LogP contribution in [0, 0.1) is 10.1 Å². The molecule has 1 unspecified atom stereocenters. The second-order valence-corrected chi connectivity index (χ2v) is 2.94. The number of hydrogen-bond acceptors (Lipinski definition) is 5. The number of ether oxygens (including phenoxy) is 1. The number of pyridine rings is 1. The molecule has 0 saturated carbocycles. The zero-order valence-corrected chi connectivity index (χ0v) is 8.34. The first-order chi connectivity index (χ1) is 7.06. The van der Waals surface area contributed by atoms with E-state index in [-0.39, 0.29) is 5.69 Å². The molecule has 0 radical (unpaired) electrons. The number of methoxy groups -OCH3 is 1. The van der Waals surface area contributed by atoms with Gasteiger partial charge >= 0.3 is 5.97 Å². The third-order valence-corrected chi connectivity index (χ3v) is 1.98. The third-order valence-electron chi connectivity index (χ3n) is 1.98. The highest BCUT2D eigenvalue weighted by atomic mass is 16.6. The van der Waals surface area contributed by atoms with Crippen molar-refractivity contribution in [3.05, 3.63) is 34.1 Å². The highest BCUT2D eigenvalue weighted by Crippen LogP contribution is 2.16. The van der Waals surface area contributed by atoms with E-state index in [9.17, 15) is 14.9 Å². The lowest BCUT2D eigenvalue weighted by Crippen LogP contribution is -2.12. The van der Waals surface area contributed by atoms with Crippen molar-refractivity contribution >= 4 is 11.7 Å². The number of rotatable bonds is 3. The molecule has 80 valence electrons. The summed E-state index contributed by atoms with van der Waals surface area (Å²) in [6.07, 6.45) is 1.12. The minimum absolute atomic E-state index is 0.101. The number of carbonyl (C=O) groups excluding carboxylic acids is 1. The molecule has 1 aromatic heterocycles. The summed E-state index contributed by atoms with van der Waals surface area (Å²) in [5.74, 6) is -0.938. The van der Waals surface area contributed by atoms with Crippen LogP contribution < -0.4 is 0 Å². The maximum Gasteiger partial charge on any atom is 0.314 e. The van der Waals surface area contributed by atoms with Gasteiger partial charge in [-0.3, -0.25) is 19.9 Å². The van der Waals surface area contributed by atoms with E-state index in [4.69, 9.17) is 0 Å². The summed E-state index contributed by atoms with van der Waals surface area (Å²) in [5.41, 5.74) is 0.350. The first kappa shape index (κ1) is 11.1. The van der Waals surface area contributed by atoms with Gasteiger partial charge in [-0.1, -0.05) is 0 Å². The maximum absolute atomic E-state index is 11.1. The minimum Gasteiger partial charge on any atom is -0.469 e. The maximum atomic E-state index is 11.1. The topological polar surface area (TPSA) is 82.3 Å². The summed E-state index contributed by atoms with van der Waals surface area (Å²) in [6, 6.07) is 2.75. The second kappa shape index (κ2) is 4.50. The van der Waals surface area contributed by atoms with Crippen LogP contribution in [0.15, 0.2) is 18.3 Å². The van der Waals surface area contributed by atoms with Crippen LogP contribution in [0.2, 0.25) is 0 Å². The van der Waals surface area contributed by atoms with Crippen molar-refractivity contribution in [3.8, 4) is 0 Å². The van der Waals surface area contributed by atoms with Crippen LogP contribution in [-0.4, -0.2) is 23.0 Å². The lowest BCUT2D eigenvalue weighted by molar-refractivity contribution is -0.385. The molecule has 6 nitrogen and oxygen atoms in total. The summed E-state index contributed by atoms with van der Waals surface area (Å²) in [7, 11) is 1.28. The van der Waals surface area contributed by atoms with Gasteiger partial charge in [0.25, 0.3) is 5.69 Å². The standard InChI is InChI=1S/C9H10N2O4/c1-6(9(12)15-2)8-4-3-7(5-10-8)11(13)14/h3-6H,1-2H3. The molecule has 1 heterocycles. The molecule has 6 heteroatoms. The summed E-state index contributed by atoms with van der Waals surface area (Å²) < 4.78 is 4.53. The van der Waals surface area contributed by atoms with E-state index in [1.807, 2.05) is 0 Å². The molecule has 0 aliphatic carbocycles. The molecule has 1 atom stereocenters. The Kier molecular flexibility index (Phi) is 3.33. The van der Waals surface area contributed by atoms with Gasteiger partial charge in [-0.05, 0) is 13.0 Å². The van der Waals surface area contributed by atoms with Crippen molar-refractivity contribution in [2.24, 2.45) is 0 Å². The van der Waals surface area contributed by atoms with Crippen LogP contribution in [0.5, 0.6) is 0 Å². The molecule has 0 saturated heterocycles. The zero-order valence-electron chi connectivity index (χ0n) is 8.34. The first-order valence-electron chi connectivity index (χ1n) is 4.24. The summed E-state index contributed by atoms with van der Waals surface area (Å²) >= 11 is 0. The Balaban J connectivity index is 2.89. The molecule has 1 rings (SSSR count).